The van der Waals surface area contributed by atoms with E-state index in [0.29, 0.717) is 24.6 Å². The number of nitrogen functional groups attached to an aromatic ring is 1. The molecule has 3 rings (SSSR count). The first-order chi connectivity index (χ1) is 10.1. The Morgan fingerprint density at radius 1 is 1.38 bits per heavy atom. The molecule has 21 heavy (non-hydrogen) atoms. The zero-order valence-corrected chi connectivity index (χ0v) is 11.7. The molecule has 0 radical (unpaired) electrons. The maximum absolute atomic E-state index is 11.8. The number of benzene rings is 1. The number of anilines is 4. The number of nitrogens with zero attached hydrogens (tertiary/aromatic N) is 1. The minimum absolute atomic E-state index is 0.0883. The summed E-state index contributed by atoms with van der Waals surface area (Å²) in [7, 11) is 0. The summed E-state index contributed by atoms with van der Waals surface area (Å²) in [6.45, 7) is 3.42. The van der Waals surface area contributed by atoms with Crippen LogP contribution in [-0.4, -0.2) is 29.1 Å². The standard InChI is InChI=1S/C14H18N6O/c1-8-2-4-9(5-3-8)16-6-10-7-17-12-11(18-10)13(21)20-14(15)19-12/h2-5,10,16,18H,6-7H2,1H3,(H4,15,17,19,20,21). The highest BCUT2D eigenvalue weighted by atomic mass is 16.1. The van der Waals surface area contributed by atoms with Crippen molar-refractivity contribution in [1.82, 2.24) is 9.97 Å². The molecule has 2 aromatic rings. The van der Waals surface area contributed by atoms with Crippen LogP contribution in [0.5, 0.6) is 0 Å². The fourth-order valence-corrected chi connectivity index (χ4v) is 2.26. The molecule has 0 aliphatic carbocycles. The molecule has 0 saturated carbocycles. The van der Waals surface area contributed by atoms with Crippen molar-refractivity contribution in [2.75, 3.05) is 34.8 Å². The molecule has 0 saturated heterocycles. The van der Waals surface area contributed by atoms with Crippen molar-refractivity contribution in [3.8, 4) is 0 Å². The fourth-order valence-electron chi connectivity index (χ4n) is 2.26. The van der Waals surface area contributed by atoms with Crippen LogP contribution in [0.25, 0.3) is 0 Å². The average molecular weight is 286 g/mol. The van der Waals surface area contributed by atoms with Crippen molar-refractivity contribution >= 4 is 23.1 Å². The lowest BCUT2D eigenvalue weighted by Gasteiger charge is -2.27. The van der Waals surface area contributed by atoms with Crippen molar-refractivity contribution in [3.63, 3.8) is 0 Å². The van der Waals surface area contributed by atoms with E-state index in [1.54, 1.807) is 0 Å². The van der Waals surface area contributed by atoms with Gasteiger partial charge in [0, 0.05) is 18.8 Å². The zero-order valence-electron chi connectivity index (χ0n) is 11.7. The van der Waals surface area contributed by atoms with Crippen LogP contribution in [0, 0.1) is 6.92 Å². The molecule has 7 nitrogen and oxygen atoms in total. The monoisotopic (exact) mass is 286 g/mol. The number of H-pyrrole nitrogens is 1. The van der Waals surface area contributed by atoms with Gasteiger partial charge in [-0.05, 0) is 19.1 Å². The Bertz CT molecular complexity index is 694. The van der Waals surface area contributed by atoms with Gasteiger partial charge in [-0.15, -0.1) is 0 Å². The largest absolute Gasteiger partial charge is 0.383 e. The highest BCUT2D eigenvalue weighted by Gasteiger charge is 2.21. The van der Waals surface area contributed by atoms with Crippen LogP contribution in [0.1, 0.15) is 5.56 Å². The Labute approximate surface area is 122 Å². The number of nitrogens with one attached hydrogen (secondary N) is 4. The van der Waals surface area contributed by atoms with Gasteiger partial charge in [-0.25, -0.2) is 0 Å². The molecule has 1 aliphatic heterocycles. The van der Waals surface area contributed by atoms with E-state index in [4.69, 9.17) is 5.73 Å². The van der Waals surface area contributed by atoms with Crippen LogP contribution in [0.2, 0.25) is 0 Å². The average Bonchev–Trinajstić information content (AvgIpc) is 2.47. The quantitative estimate of drug-likeness (QED) is 0.575. The lowest BCUT2D eigenvalue weighted by Crippen LogP contribution is -2.41. The van der Waals surface area contributed by atoms with Crippen molar-refractivity contribution in [2.45, 2.75) is 13.0 Å². The summed E-state index contributed by atoms with van der Waals surface area (Å²) < 4.78 is 0. The van der Waals surface area contributed by atoms with Crippen LogP contribution in [0.4, 0.5) is 23.1 Å². The zero-order chi connectivity index (χ0) is 14.8. The number of aromatic amines is 1. The van der Waals surface area contributed by atoms with Gasteiger partial charge in [0.15, 0.2) is 5.82 Å². The molecule has 6 N–H and O–H groups in total. The van der Waals surface area contributed by atoms with Crippen LogP contribution < -0.4 is 27.2 Å². The summed E-state index contributed by atoms with van der Waals surface area (Å²) in [6, 6.07) is 8.28. The van der Waals surface area contributed by atoms with E-state index >= 15 is 0 Å². The molecule has 0 spiro atoms. The van der Waals surface area contributed by atoms with Crippen LogP contribution >= 0.6 is 0 Å². The Morgan fingerprint density at radius 2 is 2.14 bits per heavy atom. The summed E-state index contributed by atoms with van der Waals surface area (Å²) in [5.41, 5.74) is 7.97. The first-order valence-corrected chi connectivity index (χ1v) is 6.82. The van der Waals surface area contributed by atoms with E-state index in [1.807, 2.05) is 12.1 Å². The number of hydrogen-bond donors (Lipinski definition) is 5. The summed E-state index contributed by atoms with van der Waals surface area (Å²) in [5, 5.41) is 9.66. The van der Waals surface area contributed by atoms with Crippen molar-refractivity contribution in [1.29, 1.82) is 0 Å². The van der Waals surface area contributed by atoms with E-state index in [2.05, 4.69) is 45.0 Å². The molecule has 7 heteroatoms. The first-order valence-electron chi connectivity index (χ1n) is 6.82. The Hall–Kier alpha value is -2.70. The molecule has 1 aromatic heterocycles. The van der Waals surface area contributed by atoms with Gasteiger partial charge >= 0.3 is 0 Å². The molecule has 1 atom stereocenters. The second-order valence-corrected chi connectivity index (χ2v) is 5.14. The van der Waals surface area contributed by atoms with Crippen molar-refractivity contribution in [2.24, 2.45) is 0 Å². The minimum atomic E-state index is -0.259. The van der Waals surface area contributed by atoms with Gasteiger partial charge in [-0.3, -0.25) is 9.78 Å². The molecule has 0 bridgehead atoms. The predicted octanol–water partition coefficient (Wildman–Crippen LogP) is 0.979. The predicted molar refractivity (Wildman–Crippen MR) is 84.8 cm³/mol. The molecule has 110 valence electrons. The number of hydrogen-bond acceptors (Lipinski definition) is 6. The molecule has 1 aromatic carbocycles. The van der Waals surface area contributed by atoms with Gasteiger partial charge in [0.25, 0.3) is 5.56 Å². The van der Waals surface area contributed by atoms with Gasteiger partial charge in [0.05, 0.1) is 6.04 Å². The number of aromatic nitrogens is 2. The lowest BCUT2D eigenvalue weighted by molar-refractivity contribution is 0.762. The molecular formula is C14H18N6O. The topological polar surface area (TPSA) is 108 Å². The molecule has 2 heterocycles. The summed E-state index contributed by atoms with van der Waals surface area (Å²) in [5.74, 6) is 0.618. The van der Waals surface area contributed by atoms with Crippen molar-refractivity contribution < 1.29 is 0 Å². The molecule has 1 aliphatic rings. The van der Waals surface area contributed by atoms with Crippen LogP contribution in [-0.2, 0) is 0 Å². The third kappa shape index (κ3) is 2.91. The molecule has 1 unspecified atom stereocenters. The van der Waals surface area contributed by atoms with Crippen LogP contribution in [0.15, 0.2) is 29.1 Å². The minimum Gasteiger partial charge on any atom is -0.383 e. The normalized spacial score (nSPS) is 16.5. The molecule has 0 amide bonds. The van der Waals surface area contributed by atoms with E-state index in [0.717, 1.165) is 5.69 Å². The second kappa shape index (κ2) is 5.35. The SMILES string of the molecule is Cc1ccc(NCC2CNc3nc(N)[nH]c(=O)c3N2)cc1. The van der Waals surface area contributed by atoms with Gasteiger partial charge in [0.2, 0.25) is 5.95 Å². The maximum atomic E-state index is 11.8. The molecule has 0 fully saturated rings. The van der Waals surface area contributed by atoms with E-state index in [-0.39, 0.29) is 17.5 Å². The van der Waals surface area contributed by atoms with Gasteiger partial charge in [0.1, 0.15) is 5.69 Å². The van der Waals surface area contributed by atoms with E-state index in [1.165, 1.54) is 5.56 Å². The maximum Gasteiger partial charge on any atom is 0.277 e. The number of rotatable bonds is 3. The highest BCUT2D eigenvalue weighted by molar-refractivity contribution is 5.67. The number of fused-ring (bicyclic) bond motifs is 1. The number of nitrogens with two attached hydrogens (primary N) is 1. The molecular weight excluding hydrogens is 268 g/mol. The Balaban J connectivity index is 1.66. The van der Waals surface area contributed by atoms with Crippen molar-refractivity contribution in [3.05, 3.63) is 40.2 Å². The number of aryl methyl sites for hydroxylation is 1. The summed E-state index contributed by atoms with van der Waals surface area (Å²) >= 11 is 0. The summed E-state index contributed by atoms with van der Waals surface area (Å²) in [6.07, 6.45) is 0. The second-order valence-electron chi connectivity index (χ2n) is 5.14. The van der Waals surface area contributed by atoms with Gasteiger partial charge in [-0.2, -0.15) is 4.98 Å². The Morgan fingerprint density at radius 3 is 2.90 bits per heavy atom. The van der Waals surface area contributed by atoms with Crippen LogP contribution in [0.3, 0.4) is 0 Å². The van der Waals surface area contributed by atoms with E-state index < -0.39 is 0 Å². The fraction of sp³-hybridized carbons (Fsp3) is 0.286. The van der Waals surface area contributed by atoms with Gasteiger partial charge < -0.3 is 21.7 Å². The summed E-state index contributed by atoms with van der Waals surface area (Å²) in [4.78, 5) is 18.4. The lowest BCUT2D eigenvalue weighted by atomic mass is 10.2. The van der Waals surface area contributed by atoms with E-state index in [9.17, 15) is 4.79 Å². The third-order valence-corrected chi connectivity index (χ3v) is 3.41. The highest BCUT2D eigenvalue weighted by Crippen LogP contribution is 2.20. The smallest absolute Gasteiger partial charge is 0.277 e. The first kappa shape index (κ1) is 13.3. The Kier molecular flexibility index (Phi) is 3.39. The third-order valence-electron chi connectivity index (χ3n) is 3.41. The van der Waals surface area contributed by atoms with Gasteiger partial charge in [-0.1, -0.05) is 17.7 Å².